The van der Waals surface area contributed by atoms with Gasteiger partial charge in [-0.2, -0.15) is 0 Å². The number of H-pyrrole nitrogens is 1. The molecular weight excluding hydrogens is 350 g/mol. The minimum atomic E-state index is -0.641. The van der Waals surface area contributed by atoms with Crippen LogP contribution in [0.15, 0.2) is 17.2 Å². The number of primary amides is 1. The third-order valence-corrected chi connectivity index (χ3v) is 4.40. The highest BCUT2D eigenvalue weighted by Crippen LogP contribution is 2.27. The minimum Gasteiger partial charge on any atom is -0.382 e. The first kappa shape index (κ1) is 21.0. The molecule has 0 spiro atoms. The average molecular weight is 379 g/mol. The molecule has 1 aliphatic rings. The largest absolute Gasteiger partial charge is 0.382 e. The van der Waals surface area contributed by atoms with Crippen molar-refractivity contribution in [3.63, 3.8) is 0 Å². The fourth-order valence-corrected chi connectivity index (χ4v) is 3.07. The van der Waals surface area contributed by atoms with Crippen molar-refractivity contribution in [1.82, 2.24) is 30.9 Å². The first-order valence-electron chi connectivity index (χ1n) is 9.28. The lowest BCUT2D eigenvalue weighted by Crippen LogP contribution is -2.36. The number of nitrogens with zero attached hydrogens (tertiary/aromatic N) is 3. The van der Waals surface area contributed by atoms with E-state index in [2.05, 4.69) is 35.5 Å². The Morgan fingerprint density at radius 3 is 2.67 bits per heavy atom. The second-order valence-corrected chi connectivity index (χ2v) is 6.16. The normalized spacial score (nSPS) is 15.8. The lowest BCUT2D eigenvalue weighted by atomic mass is 9.88. The lowest BCUT2D eigenvalue weighted by Gasteiger charge is -2.30. The molecule has 5 N–H and O–H groups in total. The maximum atomic E-state index is 11.3. The van der Waals surface area contributed by atoms with Gasteiger partial charge in [-0.1, -0.05) is 5.16 Å². The molecule has 2 aromatic rings. The van der Waals surface area contributed by atoms with Gasteiger partial charge in [0.25, 0.3) is 5.91 Å². The Hall–Kier alpha value is -2.30. The van der Waals surface area contributed by atoms with Gasteiger partial charge in [0, 0.05) is 26.0 Å². The highest BCUT2D eigenvalue weighted by molar-refractivity contribution is 5.91. The van der Waals surface area contributed by atoms with Crippen molar-refractivity contribution in [1.29, 1.82) is 0 Å². The lowest BCUT2D eigenvalue weighted by molar-refractivity contribution is 0.0990. The fraction of sp³-hybridized carbons (Fsp3) is 0.647. The van der Waals surface area contributed by atoms with E-state index in [4.69, 9.17) is 10.5 Å². The Labute approximate surface area is 158 Å². The summed E-state index contributed by atoms with van der Waals surface area (Å²) in [4.78, 5) is 18.5. The van der Waals surface area contributed by atoms with Gasteiger partial charge in [-0.3, -0.25) is 4.79 Å². The number of ether oxygens (including phenoxy) is 1. The van der Waals surface area contributed by atoms with E-state index in [1.807, 2.05) is 20.0 Å². The van der Waals surface area contributed by atoms with Crippen molar-refractivity contribution in [2.45, 2.75) is 39.3 Å². The summed E-state index contributed by atoms with van der Waals surface area (Å²) in [7, 11) is 0. The first-order chi connectivity index (χ1) is 13.2. The summed E-state index contributed by atoms with van der Waals surface area (Å²) in [5.74, 6) is -0.170. The van der Waals surface area contributed by atoms with Gasteiger partial charge in [0.1, 0.15) is 5.69 Å². The van der Waals surface area contributed by atoms with Crippen LogP contribution < -0.4 is 16.4 Å². The number of carbonyl (C=O) groups excluding carboxylic acids is 1. The van der Waals surface area contributed by atoms with E-state index in [0.29, 0.717) is 18.2 Å². The highest BCUT2D eigenvalue weighted by atomic mass is 16.6. The van der Waals surface area contributed by atoms with Gasteiger partial charge in [0.2, 0.25) is 0 Å². The van der Waals surface area contributed by atoms with Crippen LogP contribution in [0.2, 0.25) is 0 Å². The number of imidazole rings is 1. The van der Waals surface area contributed by atoms with Crippen LogP contribution in [0.4, 0.5) is 0 Å². The van der Waals surface area contributed by atoms with E-state index in [0.717, 1.165) is 44.8 Å². The third-order valence-electron chi connectivity index (χ3n) is 4.40. The second-order valence-electron chi connectivity index (χ2n) is 6.16. The van der Waals surface area contributed by atoms with Crippen LogP contribution in [0, 0.1) is 5.92 Å². The van der Waals surface area contributed by atoms with Crippen LogP contribution in [0.1, 0.15) is 54.6 Å². The zero-order valence-corrected chi connectivity index (χ0v) is 15.9. The van der Waals surface area contributed by atoms with Gasteiger partial charge < -0.3 is 26.1 Å². The molecule has 1 unspecified atom stereocenters. The maximum Gasteiger partial charge on any atom is 0.272 e. The molecule has 1 fully saturated rings. The van der Waals surface area contributed by atoms with Crippen LogP contribution in [0.25, 0.3) is 0 Å². The molecule has 0 aromatic carbocycles. The Bertz CT molecular complexity index is 651. The molecule has 1 aliphatic heterocycles. The van der Waals surface area contributed by atoms with Crippen LogP contribution in [0.5, 0.6) is 0 Å². The Kier molecular flexibility index (Phi) is 8.89. The van der Waals surface area contributed by atoms with Crippen LogP contribution in [-0.4, -0.2) is 52.5 Å². The molecule has 1 atom stereocenters. The summed E-state index contributed by atoms with van der Waals surface area (Å²) < 4.78 is 9.44. The molecule has 10 heteroatoms. The summed E-state index contributed by atoms with van der Waals surface area (Å²) in [6, 6.07) is 0.0991. The minimum absolute atomic E-state index is 0.0705. The number of aromatic amines is 1. The van der Waals surface area contributed by atoms with E-state index < -0.39 is 5.91 Å². The molecule has 0 aliphatic carbocycles. The fourth-order valence-electron chi connectivity index (χ4n) is 3.07. The van der Waals surface area contributed by atoms with Gasteiger partial charge in [-0.15, -0.1) is 0 Å². The maximum absolute atomic E-state index is 11.3. The number of amides is 1. The topological polar surface area (TPSA) is 144 Å². The quantitative estimate of drug-likeness (QED) is 0.526. The smallest absolute Gasteiger partial charge is 0.272 e. The summed E-state index contributed by atoms with van der Waals surface area (Å²) in [5.41, 5.74) is 6.76. The van der Waals surface area contributed by atoms with Crippen molar-refractivity contribution in [2.75, 3.05) is 26.3 Å². The monoisotopic (exact) mass is 379 g/mol. The number of rotatable bonds is 8. The van der Waals surface area contributed by atoms with Gasteiger partial charge in [0.15, 0.2) is 5.69 Å². The SMILES string of the molecule is CCOCC.NC(=O)c1nonc1CNC(c1cnc[nH]1)C1CCNCC1. The summed E-state index contributed by atoms with van der Waals surface area (Å²) >= 11 is 0. The molecule has 1 amide bonds. The Morgan fingerprint density at radius 1 is 1.37 bits per heavy atom. The van der Waals surface area contributed by atoms with E-state index in [-0.39, 0.29) is 11.7 Å². The van der Waals surface area contributed by atoms with E-state index in [9.17, 15) is 4.79 Å². The van der Waals surface area contributed by atoms with Gasteiger partial charge in [0.05, 0.1) is 18.1 Å². The molecule has 0 saturated carbocycles. The van der Waals surface area contributed by atoms with Crippen molar-refractivity contribution in [3.05, 3.63) is 29.6 Å². The molecule has 0 bridgehead atoms. The molecule has 1 saturated heterocycles. The van der Waals surface area contributed by atoms with Gasteiger partial charge in [-0.05, 0) is 50.9 Å². The molecule has 0 radical (unpaired) electrons. The molecule has 10 nitrogen and oxygen atoms in total. The summed E-state index contributed by atoms with van der Waals surface area (Å²) in [5, 5.41) is 14.1. The molecule has 3 rings (SSSR count). The standard InChI is InChI=1S/C13H19N7O2.C4H10O/c14-13(21)12-10(19-22-20-12)6-17-11(9-5-16-7-18-9)8-1-3-15-4-2-8;1-3-5-4-2/h5,7-8,11,15,17H,1-4,6H2,(H2,14,21)(H,16,18);3-4H2,1-2H3. The third kappa shape index (κ3) is 6.42. The number of nitrogens with one attached hydrogen (secondary N) is 3. The van der Waals surface area contributed by atoms with E-state index in [1.54, 1.807) is 6.33 Å². The Morgan fingerprint density at radius 2 is 2.11 bits per heavy atom. The van der Waals surface area contributed by atoms with Crippen molar-refractivity contribution in [2.24, 2.45) is 11.7 Å². The van der Waals surface area contributed by atoms with Crippen molar-refractivity contribution in [3.8, 4) is 0 Å². The first-order valence-corrected chi connectivity index (χ1v) is 9.28. The number of piperidine rings is 1. The van der Waals surface area contributed by atoms with Gasteiger partial charge in [-0.25, -0.2) is 9.61 Å². The van der Waals surface area contributed by atoms with Gasteiger partial charge >= 0.3 is 0 Å². The molecule has 27 heavy (non-hydrogen) atoms. The molecule has 2 aromatic heterocycles. The summed E-state index contributed by atoms with van der Waals surface area (Å²) in [6.07, 6.45) is 5.61. The van der Waals surface area contributed by atoms with Crippen molar-refractivity contribution >= 4 is 5.91 Å². The number of nitrogens with two attached hydrogens (primary N) is 1. The molecular formula is C17H29N7O3. The van der Waals surface area contributed by atoms with Crippen LogP contribution in [-0.2, 0) is 11.3 Å². The zero-order valence-electron chi connectivity index (χ0n) is 15.9. The van der Waals surface area contributed by atoms with Crippen molar-refractivity contribution < 1.29 is 14.2 Å². The van der Waals surface area contributed by atoms with Crippen LogP contribution in [0.3, 0.4) is 0 Å². The second kappa shape index (κ2) is 11.4. The van der Waals surface area contributed by atoms with E-state index in [1.165, 1.54) is 0 Å². The Balaban J connectivity index is 0.000000465. The number of hydrogen-bond donors (Lipinski definition) is 4. The summed E-state index contributed by atoms with van der Waals surface area (Å²) in [6.45, 7) is 8.01. The number of aromatic nitrogens is 4. The van der Waals surface area contributed by atoms with E-state index >= 15 is 0 Å². The molecule has 150 valence electrons. The van der Waals surface area contributed by atoms with Crippen LogP contribution >= 0.6 is 0 Å². The average Bonchev–Trinajstić information content (AvgIpc) is 3.36. The predicted molar refractivity (Wildman–Crippen MR) is 98.7 cm³/mol. The number of carbonyl (C=O) groups is 1. The number of hydrogen-bond acceptors (Lipinski definition) is 8. The molecule has 3 heterocycles. The zero-order chi connectivity index (χ0) is 19.5. The predicted octanol–water partition coefficient (Wildman–Crippen LogP) is 0.765. The highest BCUT2D eigenvalue weighted by Gasteiger charge is 2.26.